The first kappa shape index (κ1) is 20.5. The predicted molar refractivity (Wildman–Crippen MR) is 103 cm³/mol. The summed E-state index contributed by atoms with van der Waals surface area (Å²) in [4.78, 5) is 24.8. The van der Waals surface area contributed by atoms with Crippen molar-refractivity contribution in [2.75, 3.05) is 30.4 Å². The van der Waals surface area contributed by atoms with Crippen LogP contribution in [-0.2, 0) is 16.9 Å². The molecule has 0 aliphatic carbocycles. The Bertz CT molecular complexity index is 764. The van der Waals surface area contributed by atoms with Gasteiger partial charge in [0.2, 0.25) is 18.3 Å². The molecule has 1 N–H and O–H groups in total. The van der Waals surface area contributed by atoms with E-state index in [4.69, 9.17) is 4.74 Å². The Hall–Kier alpha value is -2.77. The van der Waals surface area contributed by atoms with E-state index in [1.807, 2.05) is 37.1 Å². The van der Waals surface area contributed by atoms with Gasteiger partial charge in [0, 0.05) is 13.6 Å². The van der Waals surface area contributed by atoms with E-state index >= 15 is 0 Å². The first-order valence-electron chi connectivity index (χ1n) is 8.92. The molecule has 0 atom stereocenters. The fourth-order valence-corrected chi connectivity index (χ4v) is 2.50. The molecule has 0 saturated carbocycles. The minimum Gasteiger partial charge on any atom is -0.494 e. The van der Waals surface area contributed by atoms with Gasteiger partial charge in [0.1, 0.15) is 5.75 Å². The third-order valence-electron chi connectivity index (χ3n) is 3.85. The van der Waals surface area contributed by atoms with Crippen molar-refractivity contribution in [2.24, 2.45) is 0 Å². The molecular formula is C19H26FN5O2. The number of ether oxygens (including phenoxy) is 1. The van der Waals surface area contributed by atoms with Crippen molar-refractivity contribution >= 4 is 18.3 Å². The van der Waals surface area contributed by atoms with Gasteiger partial charge in [-0.1, -0.05) is 12.1 Å². The highest BCUT2D eigenvalue weighted by Gasteiger charge is 2.25. The minimum absolute atomic E-state index is 0.0203. The first-order chi connectivity index (χ1) is 12.8. The minimum atomic E-state index is -1.74. The molecule has 27 heavy (non-hydrogen) atoms. The molecule has 1 amide bonds. The number of hydrogen-bond acceptors (Lipinski definition) is 6. The van der Waals surface area contributed by atoms with E-state index in [-0.39, 0.29) is 11.8 Å². The zero-order chi connectivity index (χ0) is 19.9. The molecule has 1 aromatic carbocycles. The summed E-state index contributed by atoms with van der Waals surface area (Å²) in [6.07, 6.45) is 2.17. The van der Waals surface area contributed by atoms with E-state index in [9.17, 15) is 9.18 Å². The average Bonchev–Trinajstić information content (AvgIpc) is 2.61. The van der Waals surface area contributed by atoms with Gasteiger partial charge in [-0.05, 0) is 51.3 Å². The van der Waals surface area contributed by atoms with E-state index < -0.39 is 5.67 Å². The number of carbonyl (C=O) groups is 1. The lowest BCUT2D eigenvalue weighted by Gasteiger charge is -2.20. The van der Waals surface area contributed by atoms with Crippen LogP contribution in [0, 0.1) is 0 Å². The van der Waals surface area contributed by atoms with Crippen molar-refractivity contribution in [1.29, 1.82) is 0 Å². The van der Waals surface area contributed by atoms with Crippen LogP contribution in [0.1, 0.15) is 38.6 Å². The summed E-state index contributed by atoms with van der Waals surface area (Å²) in [5.41, 5.74) is -0.559. The standard InChI is InChI=1S/C19H26FN5O2/c1-5-27-15-10-6-8-14(12-15)9-7-11-25(4)18-23-16(19(2,3)20)22-17(24-18)21-13-26/h6,8,10,12-13H,5,7,9,11H2,1-4H3,(H,21,22,23,24,26). The maximum Gasteiger partial charge on any atom is 0.234 e. The Morgan fingerprint density at radius 2 is 2.07 bits per heavy atom. The summed E-state index contributed by atoms with van der Waals surface area (Å²) < 4.78 is 19.8. The van der Waals surface area contributed by atoms with Crippen molar-refractivity contribution in [3.8, 4) is 5.75 Å². The van der Waals surface area contributed by atoms with Gasteiger partial charge in [-0.25, -0.2) is 4.39 Å². The number of nitrogens with one attached hydrogen (secondary N) is 1. The molecule has 0 bridgehead atoms. The van der Waals surface area contributed by atoms with Crippen LogP contribution in [0.2, 0.25) is 0 Å². The van der Waals surface area contributed by atoms with Crippen LogP contribution >= 0.6 is 0 Å². The summed E-state index contributed by atoms with van der Waals surface area (Å²) in [5, 5.41) is 2.37. The lowest BCUT2D eigenvalue weighted by atomic mass is 10.1. The molecular weight excluding hydrogens is 349 g/mol. The van der Waals surface area contributed by atoms with Crippen LogP contribution < -0.4 is 15.0 Å². The van der Waals surface area contributed by atoms with Gasteiger partial charge >= 0.3 is 0 Å². The molecule has 0 spiro atoms. The number of rotatable bonds is 10. The number of carbonyl (C=O) groups excluding carboxylic acids is 1. The van der Waals surface area contributed by atoms with Crippen molar-refractivity contribution in [3.63, 3.8) is 0 Å². The highest BCUT2D eigenvalue weighted by atomic mass is 19.1. The average molecular weight is 375 g/mol. The van der Waals surface area contributed by atoms with Crippen LogP contribution in [-0.4, -0.2) is 41.6 Å². The van der Waals surface area contributed by atoms with Crippen LogP contribution in [0.4, 0.5) is 16.3 Å². The van der Waals surface area contributed by atoms with Crippen LogP contribution in [0.15, 0.2) is 24.3 Å². The number of aryl methyl sites for hydroxylation is 1. The maximum atomic E-state index is 14.3. The number of benzene rings is 1. The second kappa shape index (κ2) is 9.25. The molecule has 0 saturated heterocycles. The zero-order valence-corrected chi connectivity index (χ0v) is 16.2. The third-order valence-corrected chi connectivity index (χ3v) is 3.85. The highest BCUT2D eigenvalue weighted by Crippen LogP contribution is 2.23. The van der Waals surface area contributed by atoms with Crippen molar-refractivity contribution < 1.29 is 13.9 Å². The molecule has 8 heteroatoms. The van der Waals surface area contributed by atoms with Gasteiger partial charge in [-0.2, -0.15) is 15.0 Å². The number of aromatic nitrogens is 3. The van der Waals surface area contributed by atoms with Gasteiger partial charge in [0.15, 0.2) is 11.5 Å². The lowest BCUT2D eigenvalue weighted by molar-refractivity contribution is -0.105. The monoisotopic (exact) mass is 375 g/mol. The largest absolute Gasteiger partial charge is 0.494 e. The topological polar surface area (TPSA) is 80.2 Å². The summed E-state index contributed by atoms with van der Waals surface area (Å²) in [6.45, 7) is 5.98. The molecule has 0 aliphatic rings. The van der Waals surface area contributed by atoms with Gasteiger partial charge in [0.05, 0.1) is 6.61 Å². The van der Waals surface area contributed by atoms with E-state index in [0.29, 0.717) is 25.5 Å². The Balaban J connectivity index is 2.04. The second-order valence-electron chi connectivity index (χ2n) is 6.62. The molecule has 146 valence electrons. The predicted octanol–water partition coefficient (Wildman–Crippen LogP) is 3.11. The molecule has 1 heterocycles. The molecule has 0 radical (unpaired) electrons. The SMILES string of the molecule is CCOc1cccc(CCCN(C)c2nc(NC=O)nc(C(C)(C)F)n2)c1. The maximum absolute atomic E-state index is 14.3. The second-order valence-corrected chi connectivity index (χ2v) is 6.62. The smallest absolute Gasteiger partial charge is 0.234 e. The van der Waals surface area contributed by atoms with Crippen LogP contribution in [0.5, 0.6) is 5.75 Å². The third kappa shape index (κ3) is 6.16. The Labute approximate surface area is 159 Å². The van der Waals surface area contributed by atoms with Crippen molar-refractivity contribution in [2.45, 2.75) is 39.3 Å². The van der Waals surface area contributed by atoms with E-state index in [0.717, 1.165) is 18.6 Å². The lowest BCUT2D eigenvalue weighted by Crippen LogP contribution is -2.25. The highest BCUT2D eigenvalue weighted by molar-refractivity contribution is 5.67. The Morgan fingerprint density at radius 1 is 1.30 bits per heavy atom. The molecule has 0 aliphatic heterocycles. The van der Waals surface area contributed by atoms with Gasteiger partial charge in [0.25, 0.3) is 0 Å². The van der Waals surface area contributed by atoms with Gasteiger partial charge in [-0.3, -0.25) is 10.1 Å². The number of anilines is 2. The van der Waals surface area contributed by atoms with Crippen LogP contribution in [0.25, 0.3) is 0 Å². The number of alkyl halides is 1. The Morgan fingerprint density at radius 3 is 2.74 bits per heavy atom. The molecule has 2 rings (SSSR count). The quantitative estimate of drug-likeness (QED) is 0.643. The number of hydrogen-bond donors (Lipinski definition) is 1. The van der Waals surface area contributed by atoms with Gasteiger partial charge in [-0.15, -0.1) is 0 Å². The molecule has 7 nitrogen and oxygen atoms in total. The van der Waals surface area contributed by atoms with Crippen molar-refractivity contribution in [3.05, 3.63) is 35.7 Å². The molecule has 1 aromatic heterocycles. The van der Waals surface area contributed by atoms with E-state index in [1.54, 1.807) is 0 Å². The number of nitrogens with zero attached hydrogens (tertiary/aromatic N) is 4. The van der Waals surface area contributed by atoms with Crippen LogP contribution in [0.3, 0.4) is 0 Å². The van der Waals surface area contributed by atoms with E-state index in [1.165, 1.54) is 19.4 Å². The van der Waals surface area contributed by atoms with E-state index in [2.05, 4.69) is 26.3 Å². The zero-order valence-electron chi connectivity index (χ0n) is 16.2. The summed E-state index contributed by atoms with van der Waals surface area (Å²) in [6, 6.07) is 8.00. The summed E-state index contributed by atoms with van der Waals surface area (Å²) in [5.74, 6) is 1.19. The number of amides is 1. The number of halogens is 1. The first-order valence-corrected chi connectivity index (χ1v) is 8.92. The fraction of sp³-hybridized carbons (Fsp3) is 0.474. The summed E-state index contributed by atoms with van der Waals surface area (Å²) in [7, 11) is 1.83. The normalized spacial score (nSPS) is 11.1. The fourth-order valence-electron chi connectivity index (χ4n) is 2.50. The van der Waals surface area contributed by atoms with Crippen molar-refractivity contribution in [1.82, 2.24) is 15.0 Å². The molecule has 0 fully saturated rings. The van der Waals surface area contributed by atoms with Gasteiger partial charge < -0.3 is 9.64 Å². The Kier molecular flexibility index (Phi) is 7.04. The molecule has 2 aromatic rings. The molecule has 0 unspecified atom stereocenters. The summed E-state index contributed by atoms with van der Waals surface area (Å²) >= 11 is 0.